The van der Waals surface area contributed by atoms with Crippen molar-refractivity contribution in [2.24, 2.45) is 0 Å². The van der Waals surface area contributed by atoms with Crippen molar-refractivity contribution in [3.8, 4) is 11.5 Å². The second-order valence-corrected chi connectivity index (χ2v) is 6.02. The highest BCUT2D eigenvalue weighted by molar-refractivity contribution is 6.31. The molecule has 1 aromatic heterocycles. The predicted molar refractivity (Wildman–Crippen MR) is 92.4 cm³/mol. The van der Waals surface area contributed by atoms with Crippen molar-refractivity contribution >= 4 is 11.6 Å². The summed E-state index contributed by atoms with van der Waals surface area (Å²) in [6.07, 6.45) is -11.4. The van der Waals surface area contributed by atoms with Crippen molar-refractivity contribution < 1.29 is 40.6 Å². The molecule has 0 atom stereocenters. The number of nitrogens with one attached hydrogen (secondary N) is 1. The number of aromatic amines is 1. The van der Waals surface area contributed by atoms with Crippen LogP contribution in [0.4, 0.5) is 26.3 Å². The number of nitrogens with zero attached hydrogens (tertiary/aromatic N) is 1. The lowest BCUT2D eigenvalue weighted by molar-refractivity contribution is -0.152. The Labute approximate surface area is 170 Å². The molecule has 6 nitrogen and oxygen atoms in total. The predicted octanol–water partition coefficient (Wildman–Crippen LogP) is 5.32. The molecule has 13 heteroatoms. The van der Waals surface area contributed by atoms with Crippen molar-refractivity contribution in [2.45, 2.75) is 32.5 Å². The highest BCUT2D eigenvalue weighted by Crippen LogP contribution is 2.39. The van der Waals surface area contributed by atoms with E-state index in [1.54, 1.807) is 13.8 Å². The van der Waals surface area contributed by atoms with Crippen LogP contribution in [0.15, 0.2) is 23.0 Å². The molecule has 2 aromatic rings. The van der Waals surface area contributed by atoms with Gasteiger partial charge >= 0.3 is 12.4 Å². The molecule has 0 amide bonds. The minimum Gasteiger partial charge on any atom is -0.449 e. The quantitative estimate of drug-likeness (QED) is 0.447. The van der Waals surface area contributed by atoms with E-state index in [-0.39, 0.29) is 13.2 Å². The maximum atomic E-state index is 13.5. The maximum absolute atomic E-state index is 13.5. The summed E-state index contributed by atoms with van der Waals surface area (Å²) in [5.74, 6) is -2.60. The zero-order chi connectivity index (χ0) is 22.7. The minimum absolute atomic E-state index is 0.0406. The van der Waals surface area contributed by atoms with Crippen molar-refractivity contribution in [1.82, 2.24) is 9.97 Å². The molecule has 1 aromatic carbocycles. The van der Waals surface area contributed by atoms with Gasteiger partial charge in [-0.2, -0.15) is 26.3 Å². The Bertz CT molecular complexity index is 939. The van der Waals surface area contributed by atoms with E-state index < -0.39 is 57.8 Å². The summed E-state index contributed by atoms with van der Waals surface area (Å²) in [5.41, 5.74) is -4.49. The number of H-pyrrole nitrogens is 1. The topological polar surface area (TPSA) is 73.4 Å². The summed E-state index contributed by atoms with van der Waals surface area (Å²) < 4.78 is 94.5. The number of hydrogen-bond acceptors (Lipinski definition) is 5. The number of ether oxygens (including phenoxy) is 3. The Balaban J connectivity index is 2.57. The number of aromatic nitrogens is 2. The first-order chi connectivity index (χ1) is 13.9. The lowest BCUT2D eigenvalue weighted by Gasteiger charge is -2.19. The molecule has 0 bridgehead atoms. The first kappa shape index (κ1) is 24.0. The van der Waals surface area contributed by atoms with Crippen LogP contribution < -0.4 is 10.3 Å². The van der Waals surface area contributed by atoms with Crippen LogP contribution >= 0.6 is 11.6 Å². The molecule has 1 heterocycles. The van der Waals surface area contributed by atoms with E-state index in [2.05, 4.69) is 4.98 Å². The second kappa shape index (κ2) is 9.23. The van der Waals surface area contributed by atoms with Gasteiger partial charge in [0.15, 0.2) is 11.5 Å². The maximum Gasteiger partial charge on any atom is 0.437 e. The summed E-state index contributed by atoms with van der Waals surface area (Å²) in [4.78, 5) is 17.7. The van der Waals surface area contributed by atoms with E-state index in [0.29, 0.717) is 6.07 Å². The Morgan fingerprint density at radius 1 is 1.07 bits per heavy atom. The molecule has 0 saturated carbocycles. The molecular formula is C17H15ClF6N2O4. The minimum atomic E-state index is -5.17. The van der Waals surface area contributed by atoms with Gasteiger partial charge in [0.05, 0.1) is 10.6 Å². The fourth-order valence-electron chi connectivity index (χ4n) is 2.29. The van der Waals surface area contributed by atoms with E-state index in [9.17, 15) is 31.1 Å². The zero-order valence-electron chi connectivity index (χ0n) is 15.4. The lowest BCUT2D eigenvalue weighted by atomic mass is 10.2. The third kappa shape index (κ3) is 5.64. The van der Waals surface area contributed by atoms with Crippen LogP contribution in [0.25, 0.3) is 0 Å². The molecule has 0 unspecified atom stereocenters. The van der Waals surface area contributed by atoms with Crippen LogP contribution in [0.2, 0.25) is 5.02 Å². The monoisotopic (exact) mass is 460 g/mol. The van der Waals surface area contributed by atoms with Gasteiger partial charge < -0.3 is 19.2 Å². The summed E-state index contributed by atoms with van der Waals surface area (Å²) >= 11 is 5.47. The Kier molecular flexibility index (Phi) is 7.37. The molecule has 166 valence electrons. The molecule has 0 radical (unpaired) electrons. The second-order valence-electron chi connectivity index (χ2n) is 5.61. The molecule has 30 heavy (non-hydrogen) atoms. The van der Waals surface area contributed by atoms with Gasteiger partial charge in [-0.15, -0.1) is 0 Å². The van der Waals surface area contributed by atoms with Gasteiger partial charge in [0.25, 0.3) is 5.56 Å². The SMILES string of the molecule is CCOC(OCC)c1nc(C(F)(F)F)c(Oc2ccc(Cl)c(C(F)(F)F)c2)c(=O)[nH]1. The zero-order valence-corrected chi connectivity index (χ0v) is 16.2. The van der Waals surface area contributed by atoms with Gasteiger partial charge in [-0.1, -0.05) is 11.6 Å². The summed E-state index contributed by atoms with van der Waals surface area (Å²) in [5, 5.41) is -0.690. The van der Waals surface area contributed by atoms with E-state index in [4.69, 9.17) is 25.8 Å². The van der Waals surface area contributed by atoms with Gasteiger partial charge in [-0.05, 0) is 32.0 Å². The molecular weight excluding hydrogens is 446 g/mol. The van der Waals surface area contributed by atoms with Crippen LogP contribution in [-0.4, -0.2) is 23.2 Å². The van der Waals surface area contributed by atoms with Gasteiger partial charge in [0.2, 0.25) is 12.0 Å². The van der Waals surface area contributed by atoms with Crippen molar-refractivity contribution in [3.63, 3.8) is 0 Å². The van der Waals surface area contributed by atoms with Gasteiger partial charge in [-0.25, -0.2) is 4.98 Å². The number of hydrogen-bond donors (Lipinski definition) is 1. The smallest absolute Gasteiger partial charge is 0.437 e. The first-order valence-electron chi connectivity index (χ1n) is 8.37. The van der Waals surface area contributed by atoms with Crippen molar-refractivity contribution in [3.05, 3.63) is 50.7 Å². The average molecular weight is 461 g/mol. The Hall–Kier alpha value is -2.31. The largest absolute Gasteiger partial charge is 0.449 e. The van der Waals surface area contributed by atoms with E-state index in [1.165, 1.54) is 0 Å². The lowest BCUT2D eigenvalue weighted by Crippen LogP contribution is -2.25. The fourth-order valence-corrected chi connectivity index (χ4v) is 2.51. The van der Waals surface area contributed by atoms with Crippen LogP contribution in [-0.2, 0) is 21.8 Å². The molecule has 0 fully saturated rings. The van der Waals surface area contributed by atoms with E-state index in [0.717, 1.165) is 12.1 Å². The van der Waals surface area contributed by atoms with Gasteiger partial charge in [0, 0.05) is 13.2 Å². The molecule has 0 saturated heterocycles. The molecule has 2 rings (SSSR count). The van der Waals surface area contributed by atoms with Gasteiger partial charge in [0.1, 0.15) is 5.75 Å². The number of rotatable bonds is 7. The number of benzene rings is 1. The summed E-state index contributed by atoms with van der Waals surface area (Å²) in [6, 6.07) is 2.04. The van der Waals surface area contributed by atoms with Crippen LogP contribution in [0, 0.1) is 0 Å². The first-order valence-corrected chi connectivity index (χ1v) is 8.75. The summed E-state index contributed by atoms with van der Waals surface area (Å²) in [6.45, 7) is 3.17. The van der Waals surface area contributed by atoms with E-state index >= 15 is 0 Å². The third-order valence-corrected chi connectivity index (χ3v) is 3.82. The fraction of sp³-hybridized carbons (Fsp3) is 0.412. The molecule has 0 aliphatic heterocycles. The Morgan fingerprint density at radius 3 is 2.17 bits per heavy atom. The highest BCUT2D eigenvalue weighted by Gasteiger charge is 2.40. The van der Waals surface area contributed by atoms with Crippen molar-refractivity contribution in [1.29, 1.82) is 0 Å². The van der Waals surface area contributed by atoms with Crippen LogP contribution in [0.5, 0.6) is 11.5 Å². The molecule has 0 aliphatic carbocycles. The summed E-state index contributed by atoms with van der Waals surface area (Å²) in [7, 11) is 0. The van der Waals surface area contributed by atoms with Gasteiger partial charge in [-0.3, -0.25) is 4.79 Å². The molecule has 0 spiro atoms. The Morgan fingerprint density at radius 2 is 1.67 bits per heavy atom. The highest BCUT2D eigenvalue weighted by atomic mass is 35.5. The van der Waals surface area contributed by atoms with Crippen LogP contribution in [0.1, 0.15) is 37.2 Å². The normalized spacial score (nSPS) is 12.5. The average Bonchev–Trinajstić information content (AvgIpc) is 2.62. The van der Waals surface area contributed by atoms with E-state index in [1.807, 2.05) is 4.98 Å². The molecule has 1 N–H and O–H groups in total. The standard InChI is InChI=1S/C17H15ClF6N2O4/c1-3-28-15(29-4-2)13-25-12(17(22,23)24)11(14(27)26-13)30-8-5-6-10(18)9(7-8)16(19,20)21/h5-7,15H,3-4H2,1-2H3,(H,25,26,27). The molecule has 0 aliphatic rings. The van der Waals surface area contributed by atoms with Crippen LogP contribution in [0.3, 0.4) is 0 Å². The third-order valence-electron chi connectivity index (χ3n) is 3.49. The van der Waals surface area contributed by atoms with Crippen molar-refractivity contribution in [2.75, 3.05) is 13.2 Å². The number of halogens is 7. The number of alkyl halides is 6.